The van der Waals surface area contributed by atoms with Gasteiger partial charge in [0.2, 0.25) is 0 Å². The van der Waals surface area contributed by atoms with Crippen molar-refractivity contribution in [3.8, 4) is 0 Å². The zero-order valence-electron chi connectivity index (χ0n) is 17.8. The van der Waals surface area contributed by atoms with Crippen LogP contribution in [-0.2, 0) is 16.1 Å². The van der Waals surface area contributed by atoms with Gasteiger partial charge in [-0.2, -0.15) is 0 Å². The van der Waals surface area contributed by atoms with Gasteiger partial charge in [0.25, 0.3) is 0 Å². The number of hydrogen-bond donors (Lipinski definition) is 1. The van der Waals surface area contributed by atoms with E-state index in [0.717, 1.165) is 30.5 Å². The summed E-state index contributed by atoms with van der Waals surface area (Å²) in [5.41, 5.74) is 3.82. The van der Waals surface area contributed by atoms with Crippen LogP contribution < -0.4 is 5.32 Å². The van der Waals surface area contributed by atoms with Crippen molar-refractivity contribution >= 4 is 12.0 Å². The lowest BCUT2D eigenvalue weighted by Gasteiger charge is -2.32. The Bertz CT molecular complexity index is 839. The van der Waals surface area contributed by atoms with Crippen LogP contribution in [-0.4, -0.2) is 43.7 Å². The molecule has 4 heteroatoms. The first kappa shape index (κ1) is 20.8. The summed E-state index contributed by atoms with van der Waals surface area (Å²) in [4.78, 5) is 13.7. The number of nitrogens with one attached hydrogen (secondary N) is 1. The predicted octanol–water partition coefficient (Wildman–Crippen LogP) is 4.23. The smallest absolute Gasteiger partial charge is 0.330 e. The molecule has 2 aromatic rings. The Hall–Kier alpha value is -2.43. The maximum absolute atomic E-state index is 11.2. The molecule has 1 saturated heterocycles. The fraction of sp³-hybridized carbons (Fsp3) is 0.423. The number of benzene rings is 2. The first-order valence-corrected chi connectivity index (χ1v) is 11.1. The Morgan fingerprint density at radius 3 is 2.53 bits per heavy atom. The van der Waals surface area contributed by atoms with E-state index in [1.807, 2.05) is 0 Å². The van der Waals surface area contributed by atoms with Gasteiger partial charge in [-0.1, -0.05) is 54.6 Å². The first-order valence-electron chi connectivity index (χ1n) is 11.1. The Labute approximate surface area is 179 Å². The molecule has 0 amide bonds. The van der Waals surface area contributed by atoms with Gasteiger partial charge < -0.3 is 10.1 Å². The topological polar surface area (TPSA) is 41.6 Å². The molecule has 0 aromatic heterocycles. The molecule has 1 saturated carbocycles. The minimum Gasteiger partial charge on any atom is -0.466 e. The third-order valence-electron chi connectivity index (χ3n) is 6.39. The fourth-order valence-corrected chi connectivity index (χ4v) is 4.38. The number of hydrogen-bond acceptors (Lipinski definition) is 4. The molecule has 30 heavy (non-hydrogen) atoms. The lowest BCUT2D eigenvalue weighted by molar-refractivity contribution is -0.134. The second-order valence-electron chi connectivity index (χ2n) is 8.59. The SMILES string of the molecule is COC(=O)/C=C/c1ccc(CN2CCC(CN[C@@H]3C[C@H]3c3ccccc3)CC2)cc1. The molecule has 2 fully saturated rings. The average Bonchev–Trinajstić information content (AvgIpc) is 3.58. The standard InChI is InChI=1S/C26H32N2O2/c1-30-26(29)12-11-20-7-9-22(10-8-20)19-28-15-13-21(14-16-28)18-27-25-17-24(25)23-5-3-2-4-6-23/h2-12,21,24-25,27H,13-19H2,1H3/b12-11+/t24-,25+/m0/s1. The van der Waals surface area contributed by atoms with Gasteiger partial charge in [0.1, 0.15) is 0 Å². The summed E-state index contributed by atoms with van der Waals surface area (Å²) in [5, 5.41) is 3.81. The number of carbonyl (C=O) groups is 1. The van der Waals surface area contributed by atoms with E-state index >= 15 is 0 Å². The molecule has 4 nitrogen and oxygen atoms in total. The highest BCUT2D eigenvalue weighted by Crippen LogP contribution is 2.40. The molecule has 2 aromatic carbocycles. The second-order valence-corrected chi connectivity index (χ2v) is 8.59. The van der Waals surface area contributed by atoms with Crippen LogP contribution in [0.1, 0.15) is 41.9 Å². The van der Waals surface area contributed by atoms with Crippen molar-refractivity contribution in [3.05, 3.63) is 77.4 Å². The molecule has 2 aliphatic rings. The van der Waals surface area contributed by atoms with Gasteiger partial charge in [-0.25, -0.2) is 4.79 Å². The number of nitrogens with zero attached hydrogens (tertiary/aromatic N) is 1. The van der Waals surface area contributed by atoms with Gasteiger partial charge in [0.15, 0.2) is 0 Å². The first-order chi connectivity index (χ1) is 14.7. The van der Waals surface area contributed by atoms with Gasteiger partial charge in [-0.15, -0.1) is 0 Å². The maximum atomic E-state index is 11.2. The Kier molecular flexibility index (Phi) is 6.98. The summed E-state index contributed by atoms with van der Waals surface area (Å²) >= 11 is 0. The van der Waals surface area contributed by atoms with Gasteiger partial charge in [-0.3, -0.25) is 4.90 Å². The van der Waals surface area contributed by atoms with Crippen LogP contribution in [0.3, 0.4) is 0 Å². The highest BCUT2D eigenvalue weighted by atomic mass is 16.5. The number of likely N-dealkylation sites (tertiary alicyclic amines) is 1. The summed E-state index contributed by atoms with van der Waals surface area (Å²) in [6.07, 6.45) is 7.08. The number of methoxy groups -OCH3 is 1. The largest absolute Gasteiger partial charge is 0.466 e. The van der Waals surface area contributed by atoms with Crippen molar-refractivity contribution in [2.75, 3.05) is 26.7 Å². The van der Waals surface area contributed by atoms with Crippen molar-refractivity contribution in [3.63, 3.8) is 0 Å². The summed E-state index contributed by atoms with van der Waals surface area (Å²) in [6.45, 7) is 4.50. The lowest BCUT2D eigenvalue weighted by Crippen LogP contribution is -2.37. The van der Waals surface area contributed by atoms with E-state index in [1.54, 1.807) is 6.08 Å². The molecule has 0 spiro atoms. The van der Waals surface area contributed by atoms with Gasteiger partial charge in [0, 0.05) is 24.6 Å². The van der Waals surface area contributed by atoms with Gasteiger partial charge >= 0.3 is 5.97 Å². The minimum atomic E-state index is -0.325. The molecule has 0 bridgehead atoms. The molecule has 1 N–H and O–H groups in total. The van der Waals surface area contributed by atoms with E-state index in [2.05, 4.69) is 69.6 Å². The van der Waals surface area contributed by atoms with Crippen LogP contribution in [0.4, 0.5) is 0 Å². The number of carbonyl (C=O) groups excluding carboxylic acids is 1. The Balaban J connectivity index is 1.15. The Morgan fingerprint density at radius 1 is 1.10 bits per heavy atom. The molecule has 0 radical (unpaired) electrons. The second kappa shape index (κ2) is 10.1. The third kappa shape index (κ3) is 5.80. The molecule has 1 aliphatic carbocycles. The maximum Gasteiger partial charge on any atom is 0.330 e. The number of esters is 1. The molecular weight excluding hydrogens is 372 g/mol. The van der Waals surface area contributed by atoms with E-state index < -0.39 is 0 Å². The fourth-order valence-electron chi connectivity index (χ4n) is 4.38. The van der Waals surface area contributed by atoms with Crippen molar-refractivity contribution in [1.82, 2.24) is 10.2 Å². The van der Waals surface area contributed by atoms with Crippen LogP contribution in [0.25, 0.3) is 6.08 Å². The monoisotopic (exact) mass is 404 g/mol. The number of piperidine rings is 1. The summed E-state index contributed by atoms with van der Waals surface area (Å²) < 4.78 is 4.63. The van der Waals surface area contributed by atoms with Crippen molar-refractivity contribution in [2.45, 2.75) is 37.8 Å². The summed E-state index contributed by atoms with van der Waals surface area (Å²) in [5.74, 6) is 1.19. The minimum absolute atomic E-state index is 0.325. The summed E-state index contributed by atoms with van der Waals surface area (Å²) in [6, 6.07) is 20.0. The van der Waals surface area contributed by atoms with Crippen molar-refractivity contribution in [2.24, 2.45) is 5.92 Å². The molecule has 1 aliphatic heterocycles. The van der Waals surface area contributed by atoms with E-state index in [-0.39, 0.29) is 5.97 Å². The van der Waals surface area contributed by atoms with Crippen LogP contribution in [0, 0.1) is 5.92 Å². The number of ether oxygens (including phenoxy) is 1. The van der Waals surface area contributed by atoms with Crippen molar-refractivity contribution < 1.29 is 9.53 Å². The Morgan fingerprint density at radius 2 is 1.83 bits per heavy atom. The van der Waals surface area contributed by atoms with E-state index in [9.17, 15) is 4.79 Å². The van der Waals surface area contributed by atoms with Crippen LogP contribution in [0.2, 0.25) is 0 Å². The van der Waals surface area contributed by atoms with Crippen LogP contribution in [0.15, 0.2) is 60.7 Å². The lowest BCUT2D eigenvalue weighted by atomic mass is 9.96. The van der Waals surface area contributed by atoms with Gasteiger partial charge in [-0.05, 0) is 67.6 Å². The van der Waals surface area contributed by atoms with E-state index in [4.69, 9.17) is 0 Å². The van der Waals surface area contributed by atoms with Crippen LogP contribution >= 0.6 is 0 Å². The zero-order chi connectivity index (χ0) is 20.8. The molecular formula is C26H32N2O2. The van der Waals surface area contributed by atoms with Gasteiger partial charge in [0.05, 0.1) is 7.11 Å². The average molecular weight is 405 g/mol. The zero-order valence-corrected chi connectivity index (χ0v) is 17.8. The number of rotatable bonds is 8. The highest BCUT2D eigenvalue weighted by Gasteiger charge is 2.38. The van der Waals surface area contributed by atoms with E-state index in [1.165, 1.54) is 56.7 Å². The third-order valence-corrected chi connectivity index (χ3v) is 6.39. The predicted molar refractivity (Wildman–Crippen MR) is 121 cm³/mol. The molecule has 1 heterocycles. The summed E-state index contributed by atoms with van der Waals surface area (Å²) in [7, 11) is 1.39. The van der Waals surface area contributed by atoms with Crippen LogP contribution in [0.5, 0.6) is 0 Å². The quantitative estimate of drug-likeness (QED) is 0.528. The van der Waals surface area contributed by atoms with Crippen molar-refractivity contribution in [1.29, 1.82) is 0 Å². The molecule has 158 valence electrons. The van der Waals surface area contributed by atoms with E-state index in [0.29, 0.717) is 6.04 Å². The highest BCUT2D eigenvalue weighted by molar-refractivity contribution is 5.86. The normalized spacial score (nSPS) is 22.3. The molecule has 2 atom stereocenters. The molecule has 0 unspecified atom stereocenters. The molecule has 4 rings (SSSR count).